The van der Waals surface area contributed by atoms with Gasteiger partial charge in [-0.05, 0) is 69.4 Å². The molecule has 0 saturated heterocycles. The van der Waals surface area contributed by atoms with Gasteiger partial charge in [-0.2, -0.15) is 0 Å². The third kappa shape index (κ3) is 3.98. The number of methoxy groups -OCH3 is 1. The van der Waals surface area contributed by atoms with Gasteiger partial charge in [0.05, 0.1) is 18.2 Å². The summed E-state index contributed by atoms with van der Waals surface area (Å²) in [7, 11) is 1.66. The summed E-state index contributed by atoms with van der Waals surface area (Å²) in [6.45, 7) is 6.24. The number of carbonyl (C=O) groups excluding carboxylic acids is 2. The Balaban J connectivity index is 1.67. The molecule has 1 aliphatic rings. The lowest BCUT2D eigenvalue weighted by atomic mass is 10.1. The van der Waals surface area contributed by atoms with Gasteiger partial charge in [-0.3, -0.25) is 4.79 Å². The van der Waals surface area contributed by atoms with E-state index in [-0.39, 0.29) is 18.4 Å². The van der Waals surface area contributed by atoms with Crippen molar-refractivity contribution in [3.05, 3.63) is 57.9 Å². The Morgan fingerprint density at radius 2 is 1.89 bits per heavy atom. The number of fused-ring (bicyclic) bond motifs is 1. The fourth-order valence-electron chi connectivity index (χ4n) is 4.04. The summed E-state index contributed by atoms with van der Waals surface area (Å²) in [5, 5.41) is 0. The summed E-state index contributed by atoms with van der Waals surface area (Å²) >= 11 is 0. The van der Waals surface area contributed by atoms with E-state index < -0.39 is 5.97 Å². The molecular formula is C22H27NO4. The lowest BCUT2D eigenvalue weighted by Crippen LogP contribution is -2.17. The number of benzene rings is 1. The second-order valence-electron chi connectivity index (χ2n) is 7.30. The Morgan fingerprint density at radius 3 is 2.63 bits per heavy atom. The van der Waals surface area contributed by atoms with Gasteiger partial charge in [-0.25, -0.2) is 4.79 Å². The molecule has 0 aliphatic heterocycles. The van der Waals surface area contributed by atoms with Gasteiger partial charge in [0, 0.05) is 24.1 Å². The summed E-state index contributed by atoms with van der Waals surface area (Å²) in [6, 6.07) is 7.66. The van der Waals surface area contributed by atoms with Crippen molar-refractivity contribution >= 4 is 11.8 Å². The van der Waals surface area contributed by atoms with Crippen LogP contribution in [0.4, 0.5) is 0 Å². The van der Waals surface area contributed by atoms with Crippen molar-refractivity contribution in [2.45, 2.75) is 46.1 Å². The first-order valence-corrected chi connectivity index (χ1v) is 9.42. The van der Waals surface area contributed by atoms with E-state index in [1.165, 1.54) is 11.1 Å². The number of rotatable bonds is 7. The largest absolute Gasteiger partial charge is 0.454 e. The van der Waals surface area contributed by atoms with Crippen LogP contribution in [0.2, 0.25) is 0 Å². The number of ketones is 1. The number of aromatic nitrogens is 1. The second-order valence-corrected chi connectivity index (χ2v) is 7.30. The Hall–Kier alpha value is -2.40. The number of hydrogen-bond donors (Lipinski definition) is 0. The summed E-state index contributed by atoms with van der Waals surface area (Å²) in [5.41, 5.74) is 5.49. The minimum atomic E-state index is -0.445. The fraction of sp³-hybridized carbons (Fsp3) is 0.455. The van der Waals surface area contributed by atoms with Crippen molar-refractivity contribution < 1.29 is 19.1 Å². The molecule has 0 fully saturated rings. The number of carbonyl (C=O) groups is 2. The normalized spacial score (nSPS) is 14.1. The number of ether oxygens (including phenoxy) is 2. The topological polar surface area (TPSA) is 57.5 Å². The molecule has 144 valence electrons. The maximum Gasteiger partial charge on any atom is 0.338 e. The van der Waals surface area contributed by atoms with Crippen LogP contribution >= 0.6 is 0 Å². The zero-order valence-corrected chi connectivity index (χ0v) is 16.5. The molecule has 0 spiro atoms. The van der Waals surface area contributed by atoms with Gasteiger partial charge in [-0.1, -0.05) is 6.07 Å². The van der Waals surface area contributed by atoms with Gasteiger partial charge in [0.15, 0.2) is 6.61 Å². The second kappa shape index (κ2) is 8.09. The van der Waals surface area contributed by atoms with E-state index in [4.69, 9.17) is 9.47 Å². The zero-order chi connectivity index (χ0) is 19.6. The monoisotopic (exact) mass is 369 g/mol. The van der Waals surface area contributed by atoms with Gasteiger partial charge >= 0.3 is 5.97 Å². The first-order chi connectivity index (χ1) is 12.9. The molecule has 0 unspecified atom stereocenters. The molecule has 0 amide bonds. The highest BCUT2D eigenvalue weighted by Gasteiger charge is 2.21. The number of nitrogens with zero attached hydrogens (tertiary/aromatic N) is 1. The van der Waals surface area contributed by atoms with Crippen molar-refractivity contribution in [2.24, 2.45) is 0 Å². The molecule has 0 N–H and O–H groups in total. The first kappa shape index (κ1) is 19.4. The van der Waals surface area contributed by atoms with Crippen LogP contribution in [-0.4, -0.2) is 36.6 Å². The van der Waals surface area contributed by atoms with Crippen LogP contribution < -0.4 is 0 Å². The molecular weight excluding hydrogens is 342 g/mol. The molecule has 0 saturated carbocycles. The van der Waals surface area contributed by atoms with E-state index in [1.54, 1.807) is 13.2 Å². The quantitative estimate of drug-likeness (QED) is 0.550. The van der Waals surface area contributed by atoms with Crippen LogP contribution in [0.25, 0.3) is 0 Å². The number of esters is 1. The summed E-state index contributed by atoms with van der Waals surface area (Å²) < 4.78 is 12.6. The fourth-order valence-corrected chi connectivity index (χ4v) is 4.04. The smallest absolute Gasteiger partial charge is 0.338 e. The molecule has 1 heterocycles. The van der Waals surface area contributed by atoms with Gasteiger partial charge in [0.2, 0.25) is 5.78 Å². The summed E-state index contributed by atoms with van der Waals surface area (Å²) in [4.78, 5) is 24.9. The molecule has 3 rings (SSSR count). The lowest BCUT2D eigenvalue weighted by Gasteiger charge is -2.17. The maximum atomic E-state index is 12.6. The van der Waals surface area contributed by atoms with Crippen LogP contribution in [-0.2, 0) is 22.3 Å². The SMILES string of the molecule is COC[C@@H](C)n1c(C)cc(C(=O)COC(=O)c2ccc3c(c2)CCC3)c1C. The van der Waals surface area contributed by atoms with Crippen molar-refractivity contribution in [1.82, 2.24) is 4.57 Å². The Bertz CT molecular complexity index is 865. The van der Waals surface area contributed by atoms with Crippen molar-refractivity contribution in [2.75, 3.05) is 20.3 Å². The highest BCUT2D eigenvalue weighted by Crippen LogP contribution is 2.24. The van der Waals surface area contributed by atoms with E-state index >= 15 is 0 Å². The lowest BCUT2D eigenvalue weighted by molar-refractivity contribution is 0.0474. The van der Waals surface area contributed by atoms with Gasteiger partial charge in [0.25, 0.3) is 0 Å². The highest BCUT2D eigenvalue weighted by atomic mass is 16.5. The van der Waals surface area contributed by atoms with Gasteiger partial charge in [-0.15, -0.1) is 0 Å². The Morgan fingerprint density at radius 1 is 1.15 bits per heavy atom. The van der Waals surface area contributed by atoms with E-state index in [9.17, 15) is 9.59 Å². The maximum absolute atomic E-state index is 12.6. The average molecular weight is 369 g/mol. The Kier molecular flexibility index (Phi) is 5.80. The van der Waals surface area contributed by atoms with Crippen LogP contribution in [0.5, 0.6) is 0 Å². The molecule has 2 aromatic rings. The molecule has 5 nitrogen and oxygen atoms in total. The van der Waals surface area contributed by atoms with Crippen LogP contribution in [0.15, 0.2) is 24.3 Å². The number of hydrogen-bond acceptors (Lipinski definition) is 4. The predicted octanol–water partition coefficient (Wildman–Crippen LogP) is 3.84. The molecule has 5 heteroatoms. The molecule has 1 aromatic heterocycles. The summed E-state index contributed by atoms with van der Waals surface area (Å²) in [5.74, 6) is -0.631. The highest BCUT2D eigenvalue weighted by molar-refractivity contribution is 6.00. The van der Waals surface area contributed by atoms with Crippen LogP contribution in [0.1, 0.15) is 62.6 Å². The molecule has 1 aliphatic carbocycles. The van der Waals surface area contributed by atoms with E-state index in [0.717, 1.165) is 30.7 Å². The van der Waals surface area contributed by atoms with Crippen molar-refractivity contribution in [3.63, 3.8) is 0 Å². The van der Waals surface area contributed by atoms with Crippen LogP contribution in [0.3, 0.4) is 0 Å². The van der Waals surface area contributed by atoms with Gasteiger partial charge < -0.3 is 14.0 Å². The molecule has 27 heavy (non-hydrogen) atoms. The minimum absolute atomic E-state index is 0.130. The van der Waals surface area contributed by atoms with E-state index in [2.05, 4.69) is 4.57 Å². The zero-order valence-electron chi connectivity index (χ0n) is 16.5. The standard InChI is InChI=1S/C22H27NO4/c1-14-10-20(16(3)23(14)15(2)12-26-4)21(24)13-27-22(25)19-9-8-17-6-5-7-18(17)11-19/h8-11,15H,5-7,12-13H2,1-4H3/t15-/m1/s1. The molecule has 0 radical (unpaired) electrons. The first-order valence-electron chi connectivity index (χ1n) is 9.42. The third-order valence-corrected chi connectivity index (χ3v) is 5.30. The third-order valence-electron chi connectivity index (χ3n) is 5.30. The Labute approximate surface area is 160 Å². The van der Waals surface area contributed by atoms with Gasteiger partial charge in [0.1, 0.15) is 0 Å². The minimum Gasteiger partial charge on any atom is -0.454 e. The molecule has 1 aromatic carbocycles. The summed E-state index contributed by atoms with van der Waals surface area (Å²) in [6.07, 6.45) is 3.20. The number of aryl methyl sites for hydroxylation is 3. The molecule has 0 bridgehead atoms. The number of Topliss-reactive ketones (excluding diaryl/α,β-unsaturated/α-hetero) is 1. The van der Waals surface area contributed by atoms with E-state index in [0.29, 0.717) is 17.7 Å². The predicted molar refractivity (Wildman–Crippen MR) is 104 cm³/mol. The van der Waals surface area contributed by atoms with E-state index in [1.807, 2.05) is 39.0 Å². The van der Waals surface area contributed by atoms with Crippen molar-refractivity contribution in [1.29, 1.82) is 0 Å². The molecule has 1 atom stereocenters. The average Bonchev–Trinajstić information content (AvgIpc) is 3.22. The van der Waals surface area contributed by atoms with Crippen molar-refractivity contribution in [3.8, 4) is 0 Å². The van der Waals surface area contributed by atoms with Crippen LogP contribution in [0, 0.1) is 13.8 Å².